The Morgan fingerprint density at radius 2 is 1.45 bits per heavy atom. The zero-order valence-corrected chi connectivity index (χ0v) is 19.0. The van der Waals surface area contributed by atoms with E-state index in [0.29, 0.717) is 19.4 Å². The van der Waals surface area contributed by atoms with Gasteiger partial charge in [0, 0.05) is 6.92 Å². The molecular weight excluding hydrogens is 376 g/mol. The van der Waals surface area contributed by atoms with Gasteiger partial charge in [0.25, 0.3) is 0 Å². The number of carbonyl (C=O) groups excluding carboxylic acids is 4. The van der Waals surface area contributed by atoms with Crippen LogP contribution in [-0.2, 0) is 23.9 Å². The molecule has 168 valence electrons. The van der Waals surface area contributed by atoms with E-state index in [-0.39, 0.29) is 5.91 Å². The average molecular weight is 415 g/mol. The number of hydrogen-bond donors (Lipinski definition) is 4. The molecule has 0 aliphatic rings. The van der Waals surface area contributed by atoms with Crippen molar-refractivity contribution in [3.8, 4) is 0 Å². The van der Waals surface area contributed by atoms with Gasteiger partial charge in [-0.1, -0.05) is 0 Å². The van der Waals surface area contributed by atoms with Crippen LogP contribution in [0.2, 0.25) is 0 Å². The Balaban J connectivity index is 5.15. The summed E-state index contributed by atoms with van der Waals surface area (Å²) in [6.45, 7) is 13.1. The second-order valence-corrected chi connectivity index (χ2v) is 9.23. The molecule has 0 aromatic rings. The van der Waals surface area contributed by atoms with E-state index in [2.05, 4.69) is 16.0 Å². The Bertz CT molecular complexity index is 608. The highest BCUT2D eigenvalue weighted by atomic mass is 16.6. The van der Waals surface area contributed by atoms with Crippen LogP contribution in [0.4, 0.5) is 0 Å². The number of esters is 1. The molecule has 3 amide bonds. The highest BCUT2D eigenvalue weighted by Crippen LogP contribution is 2.16. The molecule has 0 aromatic carbocycles. The lowest BCUT2D eigenvalue weighted by Crippen LogP contribution is -2.63. The van der Waals surface area contributed by atoms with E-state index < -0.39 is 40.5 Å². The minimum atomic E-state index is -1.32. The van der Waals surface area contributed by atoms with Gasteiger partial charge >= 0.3 is 5.97 Å². The summed E-state index contributed by atoms with van der Waals surface area (Å²) in [7, 11) is 0. The summed E-state index contributed by atoms with van der Waals surface area (Å²) in [6, 6.07) is -0.773. The molecule has 0 aromatic heterocycles. The third-order valence-corrected chi connectivity index (χ3v) is 3.98. The predicted octanol–water partition coefficient (Wildman–Crippen LogP) is 0.751. The van der Waals surface area contributed by atoms with Crippen LogP contribution in [0.25, 0.3) is 0 Å². The standard InChI is InChI=1S/C20H38N4O5/c1-13(25)22-14(11-9-10-12-21)15(26)23-19(5,6)16(27)24-20(7,8)17(28)29-18(2,3)4/h14H,9-12,21H2,1-8H3,(H,22,25)(H,23,26)(H,24,27)/t14-/m0/s1. The van der Waals surface area contributed by atoms with Crippen LogP contribution >= 0.6 is 0 Å². The molecule has 9 nitrogen and oxygen atoms in total. The third-order valence-electron chi connectivity index (χ3n) is 3.98. The summed E-state index contributed by atoms with van der Waals surface area (Å²) in [5, 5.41) is 7.87. The lowest BCUT2D eigenvalue weighted by Gasteiger charge is -2.33. The first-order valence-corrected chi connectivity index (χ1v) is 9.87. The molecule has 0 spiro atoms. The lowest BCUT2D eigenvalue weighted by molar-refractivity contribution is -0.163. The average Bonchev–Trinajstić information content (AvgIpc) is 2.51. The molecule has 0 saturated carbocycles. The van der Waals surface area contributed by atoms with E-state index in [9.17, 15) is 19.2 Å². The highest BCUT2D eigenvalue weighted by Gasteiger charge is 2.39. The Morgan fingerprint density at radius 1 is 0.897 bits per heavy atom. The van der Waals surface area contributed by atoms with Crippen LogP contribution in [0.1, 0.15) is 74.7 Å². The number of nitrogens with one attached hydrogen (secondary N) is 3. The van der Waals surface area contributed by atoms with Gasteiger partial charge in [-0.2, -0.15) is 0 Å². The van der Waals surface area contributed by atoms with Crippen molar-refractivity contribution in [2.75, 3.05) is 6.54 Å². The van der Waals surface area contributed by atoms with Crippen LogP contribution < -0.4 is 21.7 Å². The van der Waals surface area contributed by atoms with Crippen molar-refractivity contribution in [1.29, 1.82) is 0 Å². The zero-order valence-electron chi connectivity index (χ0n) is 19.0. The molecule has 0 aliphatic carbocycles. The molecule has 0 bridgehead atoms. The van der Waals surface area contributed by atoms with Gasteiger partial charge in [-0.05, 0) is 74.3 Å². The first kappa shape index (κ1) is 26.8. The van der Waals surface area contributed by atoms with Crippen LogP contribution in [0.3, 0.4) is 0 Å². The van der Waals surface area contributed by atoms with Crippen LogP contribution in [-0.4, -0.2) is 53.0 Å². The van der Waals surface area contributed by atoms with Crippen molar-refractivity contribution in [3.63, 3.8) is 0 Å². The predicted molar refractivity (Wildman–Crippen MR) is 111 cm³/mol. The highest BCUT2D eigenvalue weighted by molar-refractivity contribution is 5.96. The Hall–Kier alpha value is -2.16. The molecule has 5 N–H and O–H groups in total. The van der Waals surface area contributed by atoms with E-state index in [0.717, 1.165) is 6.42 Å². The largest absolute Gasteiger partial charge is 0.458 e. The van der Waals surface area contributed by atoms with E-state index in [4.69, 9.17) is 10.5 Å². The van der Waals surface area contributed by atoms with Gasteiger partial charge in [0.1, 0.15) is 22.7 Å². The Labute approximate surface area is 173 Å². The third kappa shape index (κ3) is 10.3. The van der Waals surface area contributed by atoms with Gasteiger partial charge in [0.05, 0.1) is 0 Å². The van der Waals surface area contributed by atoms with E-state index in [1.807, 2.05) is 0 Å². The number of nitrogens with two attached hydrogens (primary N) is 1. The fourth-order valence-corrected chi connectivity index (χ4v) is 2.36. The maximum atomic E-state index is 12.8. The number of ether oxygens (including phenoxy) is 1. The minimum absolute atomic E-state index is 0.341. The quantitative estimate of drug-likeness (QED) is 0.307. The second kappa shape index (κ2) is 10.6. The van der Waals surface area contributed by atoms with Gasteiger partial charge in [0.15, 0.2) is 0 Å². The molecule has 0 heterocycles. The summed E-state index contributed by atoms with van der Waals surface area (Å²) in [5.41, 5.74) is 2.17. The Kier molecular flexibility index (Phi) is 9.78. The molecular formula is C20H38N4O5. The zero-order chi connectivity index (χ0) is 23.0. The van der Waals surface area contributed by atoms with Gasteiger partial charge in [-0.15, -0.1) is 0 Å². The number of unbranched alkanes of at least 4 members (excludes halogenated alkanes) is 1. The Morgan fingerprint density at radius 3 is 1.90 bits per heavy atom. The van der Waals surface area contributed by atoms with E-state index in [1.165, 1.54) is 34.6 Å². The summed E-state index contributed by atoms with van der Waals surface area (Å²) >= 11 is 0. The molecule has 1 atom stereocenters. The van der Waals surface area contributed by atoms with Gasteiger partial charge in [-0.3, -0.25) is 14.4 Å². The first-order chi connectivity index (χ1) is 13.0. The smallest absolute Gasteiger partial charge is 0.331 e. The van der Waals surface area contributed by atoms with Crippen molar-refractivity contribution in [1.82, 2.24) is 16.0 Å². The molecule has 0 radical (unpaired) electrons. The summed E-state index contributed by atoms with van der Waals surface area (Å²) in [5.74, 6) is -1.96. The van der Waals surface area contributed by atoms with E-state index in [1.54, 1.807) is 20.8 Å². The van der Waals surface area contributed by atoms with Crippen LogP contribution in [0.5, 0.6) is 0 Å². The fraction of sp³-hybridized carbons (Fsp3) is 0.800. The van der Waals surface area contributed by atoms with Crippen LogP contribution in [0.15, 0.2) is 0 Å². The van der Waals surface area contributed by atoms with Crippen molar-refractivity contribution in [3.05, 3.63) is 0 Å². The van der Waals surface area contributed by atoms with Crippen molar-refractivity contribution in [2.45, 2.75) is 97.4 Å². The number of amides is 3. The summed E-state index contributed by atoms with van der Waals surface area (Å²) in [4.78, 5) is 49.2. The number of hydrogen-bond acceptors (Lipinski definition) is 6. The van der Waals surface area contributed by atoms with Gasteiger partial charge in [0.2, 0.25) is 17.7 Å². The summed E-state index contributed by atoms with van der Waals surface area (Å²) < 4.78 is 5.34. The SMILES string of the molecule is CC(=O)N[C@@H](CCCCN)C(=O)NC(C)(C)C(=O)NC(C)(C)C(=O)OC(C)(C)C. The molecule has 29 heavy (non-hydrogen) atoms. The molecule has 0 saturated heterocycles. The fourth-order valence-electron chi connectivity index (χ4n) is 2.36. The molecule has 0 aliphatic heterocycles. The summed E-state index contributed by atoms with van der Waals surface area (Å²) in [6.07, 6.45) is 1.79. The second-order valence-electron chi connectivity index (χ2n) is 9.23. The lowest BCUT2D eigenvalue weighted by atomic mass is 9.98. The van der Waals surface area contributed by atoms with Gasteiger partial charge in [-0.25, -0.2) is 4.79 Å². The van der Waals surface area contributed by atoms with Crippen molar-refractivity contribution in [2.24, 2.45) is 5.73 Å². The molecule has 0 unspecified atom stereocenters. The topological polar surface area (TPSA) is 140 Å². The molecule has 9 heteroatoms. The van der Waals surface area contributed by atoms with Crippen molar-refractivity contribution < 1.29 is 23.9 Å². The monoisotopic (exact) mass is 414 g/mol. The maximum absolute atomic E-state index is 12.8. The number of rotatable bonds is 10. The van der Waals surface area contributed by atoms with Gasteiger partial charge < -0.3 is 26.4 Å². The molecule has 0 fully saturated rings. The first-order valence-electron chi connectivity index (χ1n) is 9.87. The number of carbonyl (C=O) groups is 4. The normalized spacial score (nSPS) is 13.3. The van der Waals surface area contributed by atoms with Crippen LogP contribution in [0, 0.1) is 0 Å². The maximum Gasteiger partial charge on any atom is 0.331 e. The molecule has 0 rings (SSSR count). The van der Waals surface area contributed by atoms with E-state index >= 15 is 0 Å². The van der Waals surface area contributed by atoms with Crippen molar-refractivity contribution >= 4 is 23.7 Å². The minimum Gasteiger partial charge on any atom is -0.458 e.